The van der Waals surface area contributed by atoms with Crippen LogP contribution < -0.4 is 0 Å². The van der Waals surface area contributed by atoms with Crippen molar-refractivity contribution in [3.63, 3.8) is 0 Å². The number of carbonyl (C=O) groups excluding carboxylic acids is 1. The van der Waals surface area contributed by atoms with Crippen molar-refractivity contribution in [1.82, 2.24) is 14.5 Å². The Labute approximate surface area is 125 Å². The Morgan fingerprint density at radius 2 is 2.05 bits per heavy atom. The number of carbonyl (C=O) groups is 1. The molecule has 0 aliphatic rings. The zero-order chi connectivity index (χ0) is 15.2. The van der Waals surface area contributed by atoms with Gasteiger partial charge in [0.15, 0.2) is 0 Å². The largest absolute Gasteiger partial charge is 0.337 e. The molecular weight excluding hydrogens is 262 g/mol. The fourth-order valence-corrected chi connectivity index (χ4v) is 2.04. The summed E-state index contributed by atoms with van der Waals surface area (Å²) < 4.78 is 1.93. The molecule has 110 valence electrons. The van der Waals surface area contributed by atoms with Crippen molar-refractivity contribution in [3.05, 3.63) is 60.2 Å². The first-order valence-corrected chi connectivity index (χ1v) is 7.08. The van der Waals surface area contributed by atoms with Crippen LogP contribution in [0.5, 0.6) is 0 Å². The minimum absolute atomic E-state index is 0.00291. The lowest BCUT2D eigenvalue weighted by Crippen LogP contribution is -2.36. The Morgan fingerprint density at radius 3 is 2.62 bits per heavy atom. The number of nitrogens with zero attached hydrogens (tertiary/aromatic N) is 3. The van der Waals surface area contributed by atoms with Crippen LogP contribution in [0.4, 0.5) is 0 Å². The van der Waals surface area contributed by atoms with Crippen LogP contribution >= 0.6 is 0 Å². The number of imidazole rings is 1. The highest BCUT2D eigenvalue weighted by atomic mass is 16.2. The van der Waals surface area contributed by atoms with Crippen molar-refractivity contribution < 1.29 is 4.79 Å². The first kappa shape index (κ1) is 15.0. The van der Waals surface area contributed by atoms with E-state index in [4.69, 9.17) is 0 Å². The summed E-state index contributed by atoms with van der Waals surface area (Å²) in [7, 11) is 1.94. The molecule has 0 atom stereocenters. The third-order valence-corrected chi connectivity index (χ3v) is 3.36. The Bertz CT molecular complexity index is 614. The number of amides is 1. The first-order valence-electron chi connectivity index (χ1n) is 7.08. The van der Waals surface area contributed by atoms with E-state index in [-0.39, 0.29) is 11.9 Å². The molecule has 1 aromatic heterocycles. The minimum atomic E-state index is -0.00291. The van der Waals surface area contributed by atoms with Crippen LogP contribution in [0.3, 0.4) is 0 Å². The highest BCUT2D eigenvalue weighted by Gasteiger charge is 2.16. The molecule has 0 saturated carbocycles. The molecule has 0 saturated heterocycles. The minimum Gasteiger partial charge on any atom is -0.337 e. The molecule has 0 bridgehead atoms. The van der Waals surface area contributed by atoms with E-state index >= 15 is 0 Å². The van der Waals surface area contributed by atoms with E-state index in [1.54, 1.807) is 12.3 Å². The molecule has 1 aromatic carbocycles. The van der Waals surface area contributed by atoms with Crippen molar-refractivity contribution in [1.29, 1.82) is 0 Å². The standard InChI is InChI=1S/C17H21N3O/c1-14(2)20(13-16-18-11-12-19(16)3)17(21)10-9-15-7-5-4-6-8-15/h4-12,14H,13H2,1-3H3/b10-9+. The second-order valence-electron chi connectivity index (χ2n) is 5.26. The lowest BCUT2D eigenvalue weighted by atomic mass is 10.2. The normalized spacial score (nSPS) is 11.2. The quantitative estimate of drug-likeness (QED) is 0.791. The molecule has 0 unspecified atom stereocenters. The number of benzene rings is 1. The van der Waals surface area contributed by atoms with E-state index in [0.29, 0.717) is 6.54 Å². The smallest absolute Gasteiger partial charge is 0.247 e. The Hall–Kier alpha value is -2.36. The zero-order valence-corrected chi connectivity index (χ0v) is 12.7. The molecule has 1 heterocycles. The van der Waals surface area contributed by atoms with Gasteiger partial charge < -0.3 is 9.47 Å². The molecule has 0 fully saturated rings. The van der Waals surface area contributed by atoms with Gasteiger partial charge in [-0.15, -0.1) is 0 Å². The summed E-state index contributed by atoms with van der Waals surface area (Å²) in [5, 5.41) is 0. The van der Waals surface area contributed by atoms with Crippen molar-refractivity contribution in [3.8, 4) is 0 Å². The van der Waals surface area contributed by atoms with Gasteiger partial charge in [0.2, 0.25) is 5.91 Å². The van der Waals surface area contributed by atoms with E-state index in [9.17, 15) is 4.79 Å². The van der Waals surface area contributed by atoms with Crippen LogP contribution in [0.1, 0.15) is 25.2 Å². The van der Waals surface area contributed by atoms with Crippen LogP contribution in [0.2, 0.25) is 0 Å². The van der Waals surface area contributed by atoms with Crippen molar-refractivity contribution in [2.24, 2.45) is 7.05 Å². The molecule has 0 spiro atoms. The molecule has 0 N–H and O–H groups in total. The monoisotopic (exact) mass is 283 g/mol. The van der Waals surface area contributed by atoms with Crippen LogP contribution in [0, 0.1) is 0 Å². The highest BCUT2D eigenvalue weighted by molar-refractivity contribution is 5.91. The van der Waals surface area contributed by atoms with E-state index in [2.05, 4.69) is 4.98 Å². The van der Waals surface area contributed by atoms with Gasteiger partial charge >= 0.3 is 0 Å². The van der Waals surface area contributed by atoms with Crippen LogP contribution in [0.15, 0.2) is 48.8 Å². The Kier molecular flexibility index (Phi) is 4.93. The van der Waals surface area contributed by atoms with Crippen LogP contribution in [-0.2, 0) is 18.4 Å². The van der Waals surface area contributed by atoms with Gasteiger partial charge in [0.1, 0.15) is 5.82 Å². The summed E-state index contributed by atoms with van der Waals surface area (Å²) in [6.07, 6.45) is 7.10. The van der Waals surface area contributed by atoms with E-state index in [0.717, 1.165) is 11.4 Å². The molecule has 2 aromatic rings. The van der Waals surface area contributed by atoms with Crippen molar-refractivity contribution >= 4 is 12.0 Å². The Balaban J connectivity index is 2.09. The lowest BCUT2D eigenvalue weighted by molar-refractivity contribution is -0.128. The maximum atomic E-state index is 12.4. The number of hydrogen-bond donors (Lipinski definition) is 0. The van der Waals surface area contributed by atoms with Crippen LogP contribution in [-0.4, -0.2) is 26.4 Å². The van der Waals surface area contributed by atoms with Crippen molar-refractivity contribution in [2.75, 3.05) is 0 Å². The fraction of sp³-hybridized carbons (Fsp3) is 0.294. The van der Waals surface area contributed by atoms with Gasteiger partial charge in [-0.3, -0.25) is 4.79 Å². The predicted molar refractivity (Wildman–Crippen MR) is 84.4 cm³/mol. The molecule has 2 rings (SSSR count). The van der Waals surface area contributed by atoms with E-state index in [1.165, 1.54) is 0 Å². The van der Waals surface area contributed by atoms with Gasteiger partial charge in [-0.25, -0.2) is 4.98 Å². The summed E-state index contributed by atoms with van der Waals surface area (Å²) in [5.41, 5.74) is 1.02. The second kappa shape index (κ2) is 6.88. The van der Waals surface area contributed by atoms with E-state index in [1.807, 2.05) is 73.0 Å². The molecule has 0 aliphatic heterocycles. The molecule has 21 heavy (non-hydrogen) atoms. The molecule has 4 heteroatoms. The summed E-state index contributed by atoms with van der Waals surface area (Å²) in [4.78, 5) is 18.5. The summed E-state index contributed by atoms with van der Waals surface area (Å²) in [6, 6.07) is 9.94. The van der Waals surface area contributed by atoms with Gasteiger partial charge in [0.25, 0.3) is 0 Å². The Morgan fingerprint density at radius 1 is 1.33 bits per heavy atom. The van der Waals surface area contributed by atoms with Gasteiger partial charge in [0.05, 0.1) is 6.54 Å². The molecule has 1 amide bonds. The lowest BCUT2D eigenvalue weighted by Gasteiger charge is -2.25. The average Bonchev–Trinajstić information content (AvgIpc) is 2.88. The van der Waals surface area contributed by atoms with Gasteiger partial charge in [-0.2, -0.15) is 0 Å². The topological polar surface area (TPSA) is 38.1 Å². The zero-order valence-electron chi connectivity index (χ0n) is 12.7. The maximum absolute atomic E-state index is 12.4. The number of aromatic nitrogens is 2. The number of rotatable bonds is 5. The fourth-order valence-electron chi connectivity index (χ4n) is 2.04. The van der Waals surface area contributed by atoms with Gasteiger partial charge in [-0.05, 0) is 25.5 Å². The predicted octanol–water partition coefficient (Wildman–Crippen LogP) is 2.87. The first-order chi connectivity index (χ1) is 10.1. The summed E-state index contributed by atoms with van der Waals surface area (Å²) in [6.45, 7) is 4.54. The molecule has 0 radical (unpaired) electrons. The SMILES string of the molecule is CC(C)N(Cc1nccn1C)C(=O)/C=C/c1ccccc1. The number of aryl methyl sites for hydroxylation is 1. The third kappa shape index (κ3) is 4.05. The molecule has 4 nitrogen and oxygen atoms in total. The number of hydrogen-bond acceptors (Lipinski definition) is 2. The second-order valence-corrected chi connectivity index (χ2v) is 5.26. The third-order valence-electron chi connectivity index (χ3n) is 3.36. The maximum Gasteiger partial charge on any atom is 0.247 e. The van der Waals surface area contributed by atoms with Gasteiger partial charge in [-0.1, -0.05) is 30.3 Å². The summed E-state index contributed by atoms with van der Waals surface area (Å²) in [5.74, 6) is 0.877. The summed E-state index contributed by atoms with van der Waals surface area (Å²) >= 11 is 0. The average molecular weight is 283 g/mol. The van der Waals surface area contributed by atoms with Crippen molar-refractivity contribution in [2.45, 2.75) is 26.4 Å². The molecule has 0 aliphatic carbocycles. The van der Waals surface area contributed by atoms with E-state index < -0.39 is 0 Å². The highest BCUT2D eigenvalue weighted by Crippen LogP contribution is 2.09. The molecular formula is C17H21N3O. The van der Waals surface area contributed by atoms with Gasteiger partial charge in [0, 0.05) is 31.6 Å². The van der Waals surface area contributed by atoms with Crippen LogP contribution in [0.25, 0.3) is 6.08 Å².